The first-order valence-corrected chi connectivity index (χ1v) is 9.88. The van der Waals surface area contributed by atoms with Gasteiger partial charge in [-0.1, -0.05) is 38.8 Å². The predicted molar refractivity (Wildman–Crippen MR) is 106 cm³/mol. The molecule has 27 heavy (non-hydrogen) atoms. The highest BCUT2D eigenvalue weighted by molar-refractivity contribution is 5.73. The molecule has 0 bridgehead atoms. The fraction of sp³-hybridized carbons (Fsp3) is 0.619. The second-order valence-electron chi connectivity index (χ2n) is 7.14. The number of rotatable bonds is 8. The van der Waals surface area contributed by atoms with Gasteiger partial charge in [0.2, 0.25) is 0 Å². The predicted octanol–water partition coefficient (Wildman–Crippen LogP) is 2.84. The molecule has 0 saturated carbocycles. The third-order valence-corrected chi connectivity index (χ3v) is 5.42. The highest BCUT2D eigenvalue weighted by Crippen LogP contribution is 2.19. The summed E-state index contributed by atoms with van der Waals surface area (Å²) in [5, 5.41) is 12.0. The van der Waals surface area contributed by atoms with Gasteiger partial charge < -0.3 is 15.0 Å². The van der Waals surface area contributed by atoms with Crippen LogP contribution in [0.3, 0.4) is 0 Å². The summed E-state index contributed by atoms with van der Waals surface area (Å²) in [6.45, 7) is 9.01. The molecule has 1 aliphatic heterocycles. The Morgan fingerprint density at radius 1 is 1.26 bits per heavy atom. The second-order valence-corrected chi connectivity index (χ2v) is 7.14. The summed E-state index contributed by atoms with van der Waals surface area (Å²) in [5.74, 6) is 0.562. The molecule has 1 atom stereocenters. The Morgan fingerprint density at radius 3 is 2.44 bits per heavy atom. The number of hydrogen-bond acceptors (Lipinski definition) is 4. The maximum absolute atomic E-state index is 12.6. The highest BCUT2D eigenvalue weighted by atomic mass is 16.5. The third-order valence-electron chi connectivity index (χ3n) is 5.42. The van der Waals surface area contributed by atoms with E-state index in [9.17, 15) is 4.79 Å². The maximum atomic E-state index is 12.6. The molecule has 148 valence electrons. The Bertz CT molecular complexity index is 616. The smallest absolute Gasteiger partial charge is 0.317 e. The number of morpholine rings is 1. The van der Waals surface area contributed by atoms with Gasteiger partial charge in [0, 0.05) is 39.3 Å². The van der Waals surface area contributed by atoms with Gasteiger partial charge in [0.25, 0.3) is 0 Å². The van der Waals surface area contributed by atoms with Gasteiger partial charge in [0.05, 0.1) is 24.8 Å². The number of hydrogen-bond donors (Lipinski definition) is 1. The van der Waals surface area contributed by atoms with Crippen LogP contribution in [0.4, 0.5) is 4.79 Å². The minimum Gasteiger partial charge on any atom is -0.379 e. The number of benzene rings is 1. The maximum Gasteiger partial charge on any atom is 0.317 e. The minimum absolute atomic E-state index is 0.0661. The van der Waals surface area contributed by atoms with Crippen LogP contribution < -0.4 is 5.32 Å². The number of urea groups is 1. The lowest BCUT2D eigenvalue weighted by atomic mass is 9.92. The van der Waals surface area contributed by atoms with Crippen molar-refractivity contribution in [2.45, 2.75) is 39.3 Å². The van der Waals surface area contributed by atoms with Gasteiger partial charge in [-0.2, -0.15) is 5.26 Å². The molecule has 1 aromatic carbocycles. The van der Waals surface area contributed by atoms with Gasteiger partial charge in [-0.3, -0.25) is 4.90 Å². The zero-order valence-electron chi connectivity index (χ0n) is 16.8. The molecule has 1 saturated heterocycles. The van der Waals surface area contributed by atoms with E-state index in [0.29, 0.717) is 30.6 Å². The van der Waals surface area contributed by atoms with Crippen molar-refractivity contribution >= 4 is 6.03 Å². The first-order chi connectivity index (χ1) is 13.1. The SMILES string of the molecule is CCC(CC)C(CNC(=O)N(C)Cc1ccc(C#N)cc1)N1CCOCC1. The number of carbonyl (C=O) groups excluding carboxylic acids is 1. The molecular weight excluding hydrogens is 340 g/mol. The van der Waals surface area contributed by atoms with E-state index in [1.807, 2.05) is 12.1 Å². The van der Waals surface area contributed by atoms with Gasteiger partial charge in [-0.05, 0) is 23.6 Å². The van der Waals surface area contributed by atoms with Crippen LogP contribution in [0.15, 0.2) is 24.3 Å². The second kappa shape index (κ2) is 10.9. The summed E-state index contributed by atoms with van der Waals surface area (Å²) in [6.07, 6.45) is 2.21. The van der Waals surface area contributed by atoms with Crippen molar-refractivity contribution in [1.82, 2.24) is 15.1 Å². The van der Waals surface area contributed by atoms with Crippen molar-refractivity contribution < 1.29 is 9.53 Å². The topological polar surface area (TPSA) is 68.6 Å². The summed E-state index contributed by atoms with van der Waals surface area (Å²) < 4.78 is 5.49. The monoisotopic (exact) mass is 372 g/mol. The lowest BCUT2D eigenvalue weighted by Gasteiger charge is -2.39. The quantitative estimate of drug-likeness (QED) is 0.762. The third kappa shape index (κ3) is 6.23. The van der Waals surface area contributed by atoms with Crippen LogP contribution in [0.2, 0.25) is 0 Å². The molecule has 0 spiro atoms. The van der Waals surface area contributed by atoms with Gasteiger partial charge >= 0.3 is 6.03 Å². The van der Waals surface area contributed by atoms with Gasteiger partial charge in [0.15, 0.2) is 0 Å². The normalized spacial score (nSPS) is 16.0. The number of amides is 2. The molecule has 6 heteroatoms. The Balaban J connectivity index is 1.91. The molecule has 1 heterocycles. The van der Waals surface area contributed by atoms with E-state index in [-0.39, 0.29) is 6.03 Å². The molecule has 1 aliphatic rings. The molecule has 0 aliphatic carbocycles. The van der Waals surface area contributed by atoms with E-state index in [1.165, 1.54) is 0 Å². The standard InChI is InChI=1S/C21H32N4O2/c1-4-19(5-2)20(25-10-12-27-13-11-25)15-23-21(26)24(3)16-18-8-6-17(14-22)7-9-18/h6-9,19-20H,4-5,10-13,15-16H2,1-3H3,(H,23,26). The molecule has 2 rings (SSSR count). The molecule has 1 fully saturated rings. The van der Waals surface area contributed by atoms with Crippen molar-refractivity contribution in [3.8, 4) is 6.07 Å². The molecule has 6 nitrogen and oxygen atoms in total. The van der Waals surface area contributed by atoms with Crippen molar-refractivity contribution in [2.75, 3.05) is 39.9 Å². The van der Waals surface area contributed by atoms with E-state index >= 15 is 0 Å². The van der Waals surface area contributed by atoms with Crippen LogP contribution in [0.25, 0.3) is 0 Å². The largest absolute Gasteiger partial charge is 0.379 e. The Hall–Kier alpha value is -2.10. The summed E-state index contributed by atoms with van der Waals surface area (Å²) >= 11 is 0. The van der Waals surface area contributed by atoms with E-state index < -0.39 is 0 Å². The van der Waals surface area contributed by atoms with Crippen molar-refractivity contribution in [3.63, 3.8) is 0 Å². The Kier molecular flexibility index (Phi) is 8.56. The van der Waals surface area contributed by atoms with Crippen molar-refractivity contribution in [3.05, 3.63) is 35.4 Å². The van der Waals surface area contributed by atoms with Gasteiger partial charge in [-0.15, -0.1) is 0 Å². The average molecular weight is 373 g/mol. The summed E-state index contributed by atoms with van der Waals surface area (Å²) in [5.41, 5.74) is 1.64. The molecule has 2 amide bonds. The van der Waals surface area contributed by atoms with E-state index in [2.05, 4.69) is 30.1 Å². The Labute approximate surface area is 163 Å². The van der Waals surface area contributed by atoms with Crippen molar-refractivity contribution in [1.29, 1.82) is 5.26 Å². The molecule has 1 unspecified atom stereocenters. The molecule has 0 radical (unpaired) electrons. The average Bonchev–Trinajstić information content (AvgIpc) is 2.72. The first kappa shape index (κ1) is 21.2. The lowest BCUT2D eigenvalue weighted by molar-refractivity contribution is 0.00215. The fourth-order valence-electron chi connectivity index (χ4n) is 3.69. The summed E-state index contributed by atoms with van der Waals surface area (Å²) in [6, 6.07) is 9.73. The lowest BCUT2D eigenvalue weighted by Crippen LogP contribution is -2.53. The van der Waals surface area contributed by atoms with E-state index in [0.717, 1.165) is 44.7 Å². The van der Waals surface area contributed by atoms with Crippen LogP contribution in [0, 0.1) is 17.2 Å². The van der Waals surface area contributed by atoms with Crippen LogP contribution >= 0.6 is 0 Å². The molecular formula is C21H32N4O2. The highest BCUT2D eigenvalue weighted by Gasteiger charge is 2.27. The minimum atomic E-state index is -0.0661. The van der Waals surface area contributed by atoms with Crippen LogP contribution in [0.1, 0.15) is 37.8 Å². The molecule has 1 aromatic rings. The zero-order chi connectivity index (χ0) is 19.6. The number of nitrogens with one attached hydrogen (secondary N) is 1. The summed E-state index contributed by atoms with van der Waals surface area (Å²) in [4.78, 5) is 16.7. The fourth-order valence-corrected chi connectivity index (χ4v) is 3.69. The number of carbonyl (C=O) groups is 1. The zero-order valence-corrected chi connectivity index (χ0v) is 16.8. The Morgan fingerprint density at radius 2 is 1.89 bits per heavy atom. The van der Waals surface area contributed by atoms with Crippen LogP contribution in [0.5, 0.6) is 0 Å². The first-order valence-electron chi connectivity index (χ1n) is 9.88. The van der Waals surface area contributed by atoms with Gasteiger partial charge in [-0.25, -0.2) is 4.79 Å². The number of ether oxygens (including phenoxy) is 1. The van der Waals surface area contributed by atoms with Crippen LogP contribution in [-0.2, 0) is 11.3 Å². The molecule has 1 N–H and O–H groups in total. The van der Waals surface area contributed by atoms with Gasteiger partial charge in [0.1, 0.15) is 0 Å². The number of nitriles is 1. The van der Waals surface area contributed by atoms with E-state index in [4.69, 9.17) is 10.00 Å². The van der Waals surface area contributed by atoms with Crippen molar-refractivity contribution in [2.24, 2.45) is 5.92 Å². The number of nitrogens with zero attached hydrogens (tertiary/aromatic N) is 3. The van der Waals surface area contributed by atoms with Crippen LogP contribution in [-0.4, -0.2) is 61.8 Å². The van der Waals surface area contributed by atoms with E-state index in [1.54, 1.807) is 24.1 Å². The molecule has 0 aromatic heterocycles. The summed E-state index contributed by atoms with van der Waals surface area (Å²) in [7, 11) is 1.80.